The van der Waals surface area contributed by atoms with Gasteiger partial charge in [0.1, 0.15) is 0 Å². The molecule has 1 aliphatic heterocycles. The van der Waals surface area contributed by atoms with Crippen LogP contribution in [0.15, 0.2) is 12.4 Å². The number of carboxylic acid groups (broad SMARTS) is 1. The second-order valence-electron chi connectivity index (χ2n) is 5.16. The van der Waals surface area contributed by atoms with Gasteiger partial charge in [-0.25, -0.2) is 4.79 Å². The number of H-pyrrole nitrogens is 1. The molecule has 7 nitrogen and oxygen atoms in total. The summed E-state index contributed by atoms with van der Waals surface area (Å²) in [5.74, 6) is -0.847. The molecule has 0 bridgehead atoms. The molecular weight excluding hydrogens is 248 g/mol. The van der Waals surface area contributed by atoms with Crippen molar-refractivity contribution in [3.8, 4) is 0 Å². The number of hydrogen-bond acceptors (Lipinski definition) is 3. The third kappa shape index (κ3) is 3.04. The number of aromatic nitrogens is 2. The Hall–Kier alpha value is -2.05. The molecule has 0 aromatic carbocycles. The molecule has 0 saturated carbocycles. The van der Waals surface area contributed by atoms with Crippen LogP contribution in [0.4, 0.5) is 4.79 Å². The molecule has 1 aromatic heterocycles. The zero-order valence-electron chi connectivity index (χ0n) is 10.8. The van der Waals surface area contributed by atoms with Crippen LogP contribution in [0.25, 0.3) is 0 Å². The van der Waals surface area contributed by atoms with Crippen molar-refractivity contribution in [1.82, 2.24) is 20.4 Å². The number of nitrogens with one attached hydrogen (secondary N) is 2. The van der Waals surface area contributed by atoms with Crippen LogP contribution < -0.4 is 5.32 Å². The first kappa shape index (κ1) is 13.4. The molecule has 19 heavy (non-hydrogen) atoms. The molecule has 1 unspecified atom stereocenters. The highest BCUT2D eigenvalue weighted by Gasteiger charge is 2.39. The second-order valence-corrected chi connectivity index (χ2v) is 5.16. The van der Waals surface area contributed by atoms with E-state index in [9.17, 15) is 14.7 Å². The van der Waals surface area contributed by atoms with Gasteiger partial charge in [-0.3, -0.25) is 9.89 Å². The number of carbonyl (C=O) groups excluding carboxylic acids is 1. The molecular formula is C12H18N4O3. The fourth-order valence-corrected chi connectivity index (χ4v) is 2.25. The van der Waals surface area contributed by atoms with Crippen molar-refractivity contribution >= 4 is 12.0 Å². The van der Waals surface area contributed by atoms with Gasteiger partial charge in [0.05, 0.1) is 11.6 Å². The zero-order chi connectivity index (χ0) is 13.9. The van der Waals surface area contributed by atoms with E-state index in [1.54, 1.807) is 24.2 Å². The van der Waals surface area contributed by atoms with Crippen molar-refractivity contribution in [2.24, 2.45) is 5.41 Å². The van der Waals surface area contributed by atoms with Crippen molar-refractivity contribution in [1.29, 1.82) is 0 Å². The molecule has 0 aliphatic carbocycles. The molecule has 2 rings (SSSR count). The highest BCUT2D eigenvalue weighted by atomic mass is 16.4. The van der Waals surface area contributed by atoms with Gasteiger partial charge in [0.15, 0.2) is 0 Å². The average Bonchev–Trinajstić information content (AvgIpc) is 2.89. The number of likely N-dealkylation sites (tertiary alicyclic amines) is 1. The van der Waals surface area contributed by atoms with E-state index >= 15 is 0 Å². The van der Waals surface area contributed by atoms with Crippen molar-refractivity contribution in [3.63, 3.8) is 0 Å². The molecule has 2 amide bonds. The number of aliphatic carboxylic acids is 1. The lowest BCUT2D eigenvalue weighted by atomic mass is 9.82. The van der Waals surface area contributed by atoms with E-state index in [4.69, 9.17) is 0 Å². The minimum Gasteiger partial charge on any atom is -0.481 e. The summed E-state index contributed by atoms with van der Waals surface area (Å²) in [4.78, 5) is 24.8. The Bertz CT molecular complexity index is 460. The van der Waals surface area contributed by atoms with Crippen LogP contribution >= 0.6 is 0 Å². The Morgan fingerprint density at radius 3 is 3.05 bits per heavy atom. The number of amides is 2. The van der Waals surface area contributed by atoms with Crippen molar-refractivity contribution in [3.05, 3.63) is 18.0 Å². The molecule has 1 atom stereocenters. The first-order chi connectivity index (χ1) is 9.01. The van der Waals surface area contributed by atoms with E-state index in [2.05, 4.69) is 15.5 Å². The van der Waals surface area contributed by atoms with Crippen LogP contribution in [-0.2, 0) is 11.3 Å². The van der Waals surface area contributed by atoms with E-state index in [1.165, 1.54) is 0 Å². The van der Waals surface area contributed by atoms with Crippen molar-refractivity contribution in [2.75, 3.05) is 13.1 Å². The number of aromatic amines is 1. The number of carboxylic acids is 1. The minimum atomic E-state index is -0.847. The van der Waals surface area contributed by atoms with Crippen LogP contribution in [0.1, 0.15) is 25.3 Å². The maximum Gasteiger partial charge on any atom is 0.317 e. The van der Waals surface area contributed by atoms with E-state index in [0.29, 0.717) is 25.9 Å². The standard InChI is InChI=1S/C12H18N4O3/c1-12(10(17)18)3-2-4-16(8-12)11(19)13-5-9-6-14-15-7-9/h6-7H,2-5,8H2,1H3,(H,13,19)(H,14,15)(H,17,18). The molecule has 2 heterocycles. The van der Waals surface area contributed by atoms with Crippen molar-refractivity contribution in [2.45, 2.75) is 26.3 Å². The summed E-state index contributed by atoms with van der Waals surface area (Å²) < 4.78 is 0. The number of urea groups is 1. The summed E-state index contributed by atoms with van der Waals surface area (Å²) in [5, 5.41) is 18.4. The van der Waals surface area contributed by atoms with Crippen LogP contribution in [0, 0.1) is 5.41 Å². The summed E-state index contributed by atoms with van der Waals surface area (Å²) in [6.45, 7) is 2.92. The lowest BCUT2D eigenvalue weighted by Gasteiger charge is -2.37. The Morgan fingerprint density at radius 2 is 2.42 bits per heavy atom. The number of piperidine rings is 1. The highest BCUT2D eigenvalue weighted by Crippen LogP contribution is 2.29. The second kappa shape index (κ2) is 5.29. The van der Waals surface area contributed by atoms with Gasteiger partial charge >= 0.3 is 12.0 Å². The first-order valence-electron chi connectivity index (χ1n) is 6.25. The van der Waals surface area contributed by atoms with Gasteiger partial charge < -0.3 is 15.3 Å². The van der Waals surface area contributed by atoms with E-state index in [-0.39, 0.29) is 12.6 Å². The van der Waals surface area contributed by atoms with Gasteiger partial charge in [-0.05, 0) is 19.8 Å². The minimum absolute atomic E-state index is 0.228. The summed E-state index contributed by atoms with van der Waals surface area (Å²) >= 11 is 0. The third-order valence-corrected chi connectivity index (χ3v) is 3.50. The molecule has 1 aliphatic rings. The monoisotopic (exact) mass is 266 g/mol. The highest BCUT2D eigenvalue weighted by molar-refractivity contribution is 5.78. The van der Waals surface area contributed by atoms with E-state index in [1.807, 2.05) is 0 Å². The summed E-state index contributed by atoms with van der Waals surface area (Å²) in [5.41, 5.74) is 0.0389. The number of carbonyl (C=O) groups is 2. The lowest BCUT2D eigenvalue weighted by molar-refractivity contribution is -0.150. The number of hydrogen-bond donors (Lipinski definition) is 3. The molecule has 0 radical (unpaired) electrons. The quantitative estimate of drug-likeness (QED) is 0.753. The maximum atomic E-state index is 12.0. The van der Waals surface area contributed by atoms with Crippen molar-refractivity contribution < 1.29 is 14.7 Å². The molecule has 3 N–H and O–H groups in total. The van der Waals surface area contributed by atoms with Crippen LogP contribution in [-0.4, -0.2) is 45.3 Å². The topological polar surface area (TPSA) is 98.3 Å². The Balaban J connectivity index is 1.90. The van der Waals surface area contributed by atoms with Crippen LogP contribution in [0.3, 0.4) is 0 Å². The van der Waals surface area contributed by atoms with Crippen LogP contribution in [0.5, 0.6) is 0 Å². The third-order valence-electron chi connectivity index (χ3n) is 3.50. The lowest BCUT2D eigenvalue weighted by Crippen LogP contribution is -2.51. The molecule has 104 valence electrons. The maximum absolute atomic E-state index is 12.0. The fraction of sp³-hybridized carbons (Fsp3) is 0.583. The molecule has 1 fully saturated rings. The largest absolute Gasteiger partial charge is 0.481 e. The smallest absolute Gasteiger partial charge is 0.317 e. The van der Waals surface area contributed by atoms with Gasteiger partial charge in [0, 0.05) is 31.4 Å². The summed E-state index contributed by atoms with van der Waals surface area (Å²) in [6, 6.07) is -0.228. The fourth-order valence-electron chi connectivity index (χ4n) is 2.25. The molecule has 1 saturated heterocycles. The van der Waals surface area contributed by atoms with Gasteiger partial charge in [0.2, 0.25) is 0 Å². The zero-order valence-corrected chi connectivity index (χ0v) is 10.8. The van der Waals surface area contributed by atoms with Gasteiger partial charge in [-0.15, -0.1) is 0 Å². The Labute approximate surface area is 111 Å². The van der Waals surface area contributed by atoms with Gasteiger partial charge in [-0.1, -0.05) is 0 Å². The Kier molecular flexibility index (Phi) is 3.73. The predicted octanol–water partition coefficient (Wildman–Crippen LogP) is 0.806. The molecule has 1 aromatic rings. The molecule has 0 spiro atoms. The number of rotatable bonds is 3. The average molecular weight is 266 g/mol. The molecule has 7 heteroatoms. The predicted molar refractivity (Wildman–Crippen MR) is 67.4 cm³/mol. The number of nitrogens with zero attached hydrogens (tertiary/aromatic N) is 2. The SMILES string of the molecule is CC1(C(=O)O)CCCN(C(=O)NCc2cn[nH]c2)C1. The normalized spacial score (nSPS) is 23.1. The van der Waals surface area contributed by atoms with Crippen LogP contribution in [0.2, 0.25) is 0 Å². The summed E-state index contributed by atoms with van der Waals surface area (Å²) in [6.07, 6.45) is 4.66. The van der Waals surface area contributed by atoms with Gasteiger partial charge in [-0.2, -0.15) is 5.10 Å². The van der Waals surface area contributed by atoms with Gasteiger partial charge in [0.25, 0.3) is 0 Å². The van der Waals surface area contributed by atoms with E-state index in [0.717, 1.165) is 5.56 Å². The Morgan fingerprint density at radius 1 is 1.63 bits per heavy atom. The summed E-state index contributed by atoms with van der Waals surface area (Å²) in [7, 11) is 0. The first-order valence-corrected chi connectivity index (χ1v) is 6.25. The van der Waals surface area contributed by atoms with E-state index < -0.39 is 11.4 Å².